The molecule has 0 radical (unpaired) electrons. The highest BCUT2D eigenvalue weighted by Crippen LogP contribution is 2.32. The molecule has 3 aromatic carbocycles. The van der Waals surface area contributed by atoms with Crippen molar-refractivity contribution in [2.45, 2.75) is 4.90 Å². The van der Waals surface area contributed by atoms with Gasteiger partial charge in [0.25, 0.3) is 21.5 Å². The number of ether oxygens (including phenoxy) is 2. The molecule has 0 saturated carbocycles. The van der Waals surface area contributed by atoms with E-state index in [4.69, 9.17) is 15.2 Å². The molecule has 1 fully saturated rings. The Morgan fingerprint density at radius 3 is 2.54 bits per heavy atom. The number of amides is 1. The van der Waals surface area contributed by atoms with Crippen molar-refractivity contribution >= 4 is 38.5 Å². The monoisotopic (exact) mass is 648 g/mol. The van der Waals surface area contributed by atoms with E-state index in [1.807, 2.05) is 0 Å². The van der Waals surface area contributed by atoms with Gasteiger partial charge in [0.1, 0.15) is 22.2 Å². The Labute approximate surface area is 261 Å². The third-order valence-electron chi connectivity index (χ3n) is 7.35. The van der Waals surface area contributed by atoms with Gasteiger partial charge in [-0.25, -0.2) is 31.7 Å². The summed E-state index contributed by atoms with van der Waals surface area (Å²) < 4.78 is 67.6. The number of anilines is 2. The van der Waals surface area contributed by atoms with Gasteiger partial charge < -0.3 is 20.1 Å². The van der Waals surface area contributed by atoms with Crippen LogP contribution in [0.1, 0.15) is 10.4 Å². The van der Waals surface area contributed by atoms with E-state index in [1.54, 1.807) is 47.4 Å². The third kappa shape index (κ3) is 5.84. The average molecular weight is 649 g/mol. The summed E-state index contributed by atoms with van der Waals surface area (Å²) in [6.07, 6.45) is 1.40. The fourth-order valence-corrected chi connectivity index (χ4v) is 6.21. The van der Waals surface area contributed by atoms with Crippen LogP contribution in [0.2, 0.25) is 0 Å². The van der Waals surface area contributed by atoms with E-state index >= 15 is 0 Å². The standard InChI is InChI=1S/C31H26F2N6O6S/c1-44-28-26(37-46(42,43)27-8-6-21(32)16-24(27)33)15-20(17-35-28)18-5-7-25-23(14-18)30(41)39(31(34)36-25)22-4-2-3-19(13-22)29(40)38-9-11-45-12-10-38/h2-8,13-17,37H,9-12H2,1H3,(H2,34,36). The lowest BCUT2D eigenvalue weighted by molar-refractivity contribution is 0.0303. The smallest absolute Gasteiger partial charge is 0.267 e. The van der Waals surface area contributed by atoms with Crippen LogP contribution in [-0.2, 0) is 14.8 Å². The first-order valence-corrected chi connectivity index (χ1v) is 15.4. The van der Waals surface area contributed by atoms with E-state index in [1.165, 1.54) is 23.9 Å². The molecule has 1 aliphatic heterocycles. The van der Waals surface area contributed by atoms with Gasteiger partial charge in [-0.05, 0) is 54.1 Å². The zero-order chi connectivity index (χ0) is 32.6. The number of nitrogen functional groups attached to an aromatic ring is 1. The molecule has 5 aromatic rings. The van der Waals surface area contributed by atoms with E-state index in [2.05, 4.69) is 14.7 Å². The van der Waals surface area contributed by atoms with Crippen molar-refractivity contribution in [3.05, 3.63) is 100 Å². The number of rotatable bonds is 7. The fourth-order valence-electron chi connectivity index (χ4n) is 5.10. The highest BCUT2D eigenvalue weighted by atomic mass is 32.2. The Bertz CT molecular complexity index is 2170. The number of pyridine rings is 1. The molecule has 1 aliphatic rings. The number of carbonyl (C=O) groups excluding carboxylic acids is 1. The second kappa shape index (κ2) is 12.2. The molecule has 0 spiro atoms. The number of aromatic nitrogens is 3. The van der Waals surface area contributed by atoms with Gasteiger partial charge in [0.2, 0.25) is 11.8 Å². The molecule has 236 valence electrons. The Morgan fingerprint density at radius 2 is 1.80 bits per heavy atom. The topological polar surface area (TPSA) is 159 Å². The first-order valence-electron chi connectivity index (χ1n) is 13.9. The van der Waals surface area contributed by atoms with Crippen LogP contribution in [0.4, 0.5) is 20.4 Å². The Morgan fingerprint density at radius 1 is 1.02 bits per heavy atom. The maximum Gasteiger partial charge on any atom is 0.267 e. The van der Waals surface area contributed by atoms with Gasteiger partial charge in [0.05, 0.1) is 36.9 Å². The van der Waals surface area contributed by atoms with Crippen LogP contribution in [0.3, 0.4) is 0 Å². The molecule has 1 amide bonds. The van der Waals surface area contributed by atoms with Crippen molar-refractivity contribution in [2.75, 3.05) is 43.9 Å². The van der Waals surface area contributed by atoms with Gasteiger partial charge in [-0.2, -0.15) is 0 Å². The number of sulfonamides is 1. The van der Waals surface area contributed by atoms with Gasteiger partial charge in [-0.3, -0.25) is 14.3 Å². The average Bonchev–Trinajstić information content (AvgIpc) is 3.04. The van der Waals surface area contributed by atoms with E-state index in [0.29, 0.717) is 60.3 Å². The zero-order valence-electron chi connectivity index (χ0n) is 24.2. The van der Waals surface area contributed by atoms with Gasteiger partial charge in [-0.15, -0.1) is 0 Å². The van der Waals surface area contributed by atoms with Crippen LogP contribution in [0.25, 0.3) is 27.7 Å². The van der Waals surface area contributed by atoms with Gasteiger partial charge in [0, 0.05) is 36.5 Å². The number of nitrogens with zero attached hydrogens (tertiary/aromatic N) is 4. The molecule has 1 saturated heterocycles. The van der Waals surface area contributed by atoms with Crippen LogP contribution >= 0.6 is 0 Å². The third-order valence-corrected chi connectivity index (χ3v) is 8.75. The quantitative estimate of drug-likeness (QED) is 0.269. The lowest BCUT2D eigenvalue weighted by atomic mass is 10.0. The molecule has 3 heterocycles. The molecule has 0 atom stereocenters. The van der Waals surface area contributed by atoms with Crippen LogP contribution in [0.15, 0.2) is 82.6 Å². The second-order valence-electron chi connectivity index (χ2n) is 10.3. The van der Waals surface area contributed by atoms with Gasteiger partial charge >= 0.3 is 0 Å². The number of benzene rings is 3. The molecule has 6 rings (SSSR count). The van der Waals surface area contributed by atoms with Crippen molar-refractivity contribution in [3.63, 3.8) is 0 Å². The number of carbonyl (C=O) groups is 1. The summed E-state index contributed by atoms with van der Waals surface area (Å²) in [6, 6.07) is 14.8. The summed E-state index contributed by atoms with van der Waals surface area (Å²) in [4.78, 5) is 36.4. The Hall–Kier alpha value is -5.41. The summed E-state index contributed by atoms with van der Waals surface area (Å²) >= 11 is 0. The van der Waals surface area contributed by atoms with Gasteiger partial charge in [0.15, 0.2) is 0 Å². The van der Waals surface area contributed by atoms with E-state index in [-0.39, 0.29) is 28.8 Å². The normalized spacial score (nSPS) is 13.5. The summed E-state index contributed by atoms with van der Waals surface area (Å²) in [5.74, 6) is -2.60. The number of hydrogen-bond donors (Lipinski definition) is 2. The second-order valence-corrected chi connectivity index (χ2v) is 11.9. The number of halogens is 2. The van der Waals surface area contributed by atoms with Crippen molar-refractivity contribution < 1.29 is 31.5 Å². The zero-order valence-corrected chi connectivity index (χ0v) is 25.1. The Kier molecular flexibility index (Phi) is 8.10. The number of hydrogen-bond acceptors (Lipinski definition) is 9. The number of nitrogens with two attached hydrogens (primary N) is 1. The highest BCUT2D eigenvalue weighted by molar-refractivity contribution is 7.92. The first-order chi connectivity index (χ1) is 22.1. The maximum absolute atomic E-state index is 14.3. The van der Waals surface area contributed by atoms with E-state index < -0.39 is 32.1 Å². The highest BCUT2D eigenvalue weighted by Gasteiger charge is 2.23. The van der Waals surface area contributed by atoms with Crippen molar-refractivity contribution in [2.24, 2.45) is 0 Å². The maximum atomic E-state index is 14.3. The SMILES string of the molecule is COc1ncc(-c2ccc3nc(N)n(-c4cccc(C(=O)N5CCOCC5)c4)c(=O)c3c2)cc1NS(=O)(=O)c1ccc(F)cc1F. The summed E-state index contributed by atoms with van der Waals surface area (Å²) in [6.45, 7) is 1.80. The molecular formula is C31H26F2N6O6S. The molecule has 2 aromatic heterocycles. The molecule has 0 aliphatic carbocycles. The number of fused-ring (bicyclic) bond motifs is 1. The Balaban J connectivity index is 1.38. The summed E-state index contributed by atoms with van der Waals surface area (Å²) in [5, 5.41) is 0.183. The first kappa shape index (κ1) is 30.6. The van der Waals surface area contributed by atoms with Crippen molar-refractivity contribution in [3.8, 4) is 22.7 Å². The number of morpholine rings is 1. The van der Waals surface area contributed by atoms with Crippen LogP contribution in [-0.4, -0.2) is 67.2 Å². The van der Waals surface area contributed by atoms with Crippen LogP contribution in [0, 0.1) is 11.6 Å². The molecule has 3 N–H and O–H groups in total. The van der Waals surface area contributed by atoms with Crippen LogP contribution in [0.5, 0.6) is 5.88 Å². The van der Waals surface area contributed by atoms with Gasteiger partial charge in [-0.1, -0.05) is 12.1 Å². The number of nitrogens with one attached hydrogen (secondary N) is 1. The van der Waals surface area contributed by atoms with E-state index in [9.17, 15) is 26.8 Å². The van der Waals surface area contributed by atoms with E-state index in [0.717, 1.165) is 12.1 Å². The molecule has 46 heavy (non-hydrogen) atoms. The van der Waals surface area contributed by atoms with Crippen LogP contribution < -0.4 is 20.8 Å². The number of methoxy groups -OCH3 is 1. The molecule has 0 unspecified atom stereocenters. The molecular weight excluding hydrogens is 622 g/mol. The fraction of sp³-hybridized carbons (Fsp3) is 0.161. The molecule has 12 nitrogen and oxygen atoms in total. The summed E-state index contributed by atoms with van der Waals surface area (Å²) in [5.41, 5.74) is 7.45. The largest absolute Gasteiger partial charge is 0.480 e. The predicted octanol–water partition coefficient (Wildman–Crippen LogP) is 3.59. The summed E-state index contributed by atoms with van der Waals surface area (Å²) in [7, 11) is -3.24. The van der Waals surface area contributed by atoms with Crippen molar-refractivity contribution in [1.82, 2.24) is 19.4 Å². The van der Waals surface area contributed by atoms with Crippen molar-refractivity contribution in [1.29, 1.82) is 0 Å². The lowest BCUT2D eigenvalue weighted by Crippen LogP contribution is -2.40. The minimum Gasteiger partial charge on any atom is -0.480 e. The minimum atomic E-state index is -4.51. The lowest BCUT2D eigenvalue weighted by Gasteiger charge is -2.27. The predicted molar refractivity (Wildman–Crippen MR) is 165 cm³/mol. The minimum absolute atomic E-state index is 0.0861. The molecule has 15 heteroatoms. The molecule has 0 bridgehead atoms.